The number of rotatable bonds is 3. The predicted molar refractivity (Wildman–Crippen MR) is 59.1 cm³/mol. The van der Waals surface area contributed by atoms with Crippen LogP contribution in [0.5, 0.6) is 0 Å². The van der Waals surface area contributed by atoms with Gasteiger partial charge >= 0.3 is 0 Å². The first kappa shape index (κ1) is 10.6. The molecular weight excluding hydrogens is 214 g/mol. The van der Waals surface area contributed by atoms with Gasteiger partial charge in [0.15, 0.2) is 0 Å². The number of aromatic nitrogens is 2. The lowest BCUT2D eigenvalue weighted by molar-refractivity contribution is 0.108. The van der Waals surface area contributed by atoms with E-state index in [1.54, 1.807) is 12.4 Å². The number of hydrogen-bond acceptors (Lipinski definition) is 4. The third-order valence-electron chi connectivity index (χ3n) is 2.68. The molecule has 82 valence electrons. The maximum atomic E-state index is 5.69. The zero-order valence-electron chi connectivity index (χ0n) is 8.61. The molecule has 5 heteroatoms. The van der Waals surface area contributed by atoms with Crippen LogP contribution in [0.3, 0.4) is 0 Å². The normalized spacial score (nSPS) is 25.5. The summed E-state index contributed by atoms with van der Waals surface area (Å²) < 4.78 is 5.47. The van der Waals surface area contributed by atoms with Crippen LogP contribution in [-0.2, 0) is 4.74 Å². The summed E-state index contributed by atoms with van der Waals surface area (Å²) in [5, 5.41) is 3.74. The quantitative estimate of drug-likeness (QED) is 0.858. The van der Waals surface area contributed by atoms with Crippen LogP contribution in [0, 0.1) is 5.92 Å². The summed E-state index contributed by atoms with van der Waals surface area (Å²) in [7, 11) is 0. The Morgan fingerprint density at radius 2 is 2.27 bits per heavy atom. The van der Waals surface area contributed by atoms with Gasteiger partial charge < -0.3 is 10.1 Å². The van der Waals surface area contributed by atoms with E-state index in [1.165, 1.54) is 0 Å². The summed E-state index contributed by atoms with van der Waals surface area (Å²) in [6, 6.07) is 0. The number of anilines is 1. The average molecular weight is 228 g/mol. The summed E-state index contributed by atoms with van der Waals surface area (Å²) in [5.41, 5.74) is 0. The van der Waals surface area contributed by atoms with Crippen LogP contribution in [0.4, 0.5) is 5.95 Å². The van der Waals surface area contributed by atoms with Gasteiger partial charge in [0.05, 0.1) is 23.5 Å². The lowest BCUT2D eigenvalue weighted by Gasteiger charge is -2.14. The van der Waals surface area contributed by atoms with Crippen LogP contribution in [0.1, 0.15) is 13.3 Å². The average Bonchev–Trinajstić information content (AvgIpc) is 2.63. The van der Waals surface area contributed by atoms with Gasteiger partial charge in [-0.1, -0.05) is 11.6 Å². The van der Waals surface area contributed by atoms with Crippen LogP contribution >= 0.6 is 11.6 Å². The number of halogens is 1. The van der Waals surface area contributed by atoms with E-state index in [0.29, 0.717) is 23.0 Å². The van der Waals surface area contributed by atoms with Gasteiger partial charge in [-0.15, -0.1) is 0 Å². The maximum absolute atomic E-state index is 5.69. The van der Waals surface area contributed by atoms with Gasteiger partial charge in [-0.05, 0) is 13.3 Å². The first-order valence-corrected chi connectivity index (χ1v) is 5.46. The van der Waals surface area contributed by atoms with Crippen LogP contribution < -0.4 is 5.32 Å². The Balaban J connectivity index is 1.85. The summed E-state index contributed by atoms with van der Waals surface area (Å²) in [5.74, 6) is 1.17. The van der Waals surface area contributed by atoms with E-state index < -0.39 is 0 Å². The van der Waals surface area contributed by atoms with Crippen LogP contribution in [0.2, 0.25) is 5.02 Å². The van der Waals surface area contributed by atoms with E-state index in [-0.39, 0.29) is 0 Å². The molecule has 1 aliphatic heterocycles. The molecule has 4 nitrogen and oxygen atoms in total. The van der Waals surface area contributed by atoms with E-state index in [2.05, 4.69) is 22.2 Å². The molecule has 0 amide bonds. The van der Waals surface area contributed by atoms with Crippen molar-refractivity contribution < 1.29 is 4.74 Å². The highest BCUT2D eigenvalue weighted by atomic mass is 35.5. The van der Waals surface area contributed by atoms with Gasteiger partial charge in [-0.25, -0.2) is 9.97 Å². The zero-order chi connectivity index (χ0) is 10.7. The van der Waals surface area contributed by atoms with Crippen molar-refractivity contribution in [2.45, 2.75) is 19.4 Å². The second kappa shape index (κ2) is 4.77. The summed E-state index contributed by atoms with van der Waals surface area (Å²) in [6.45, 7) is 3.81. The molecule has 0 aromatic carbocycles. The molecule has 0 radical (unpaired) electrons. The lowest BCUT2D eigenvalue weighted by atomic mass is 10.0. The standard InChI is InChI=1S/C10H14ClN3O/c1-7-8(2-3-15-7)4-12-10-13-5-9(11)6-14-10/h5-8H,2-4H2,1H3,(H,12,13,14). The van der Waals surface area contributed by atoms with E-state index >= 15 is 0 Å². The largest absolute Gasteiger partial charge is 0.378 e. The molecule has 0 bridgehead atoms. The Morgan fingerprint density at radius 3 is 2.87 bits per heavy atom. The van der Waals surface area contributed by atoms with Crippen molar-refractivity contribution in [2.75, 3.05) is 18.5 Å². The van der Waals surface area contributed by atoms with Crippen LogP contribution in [0.25, 0.3) is 0 Å². The topological polar surface area (TPSA) is 47.0 Å². The van der Waals surface area contributed by atoms with Crippen LogP contribution in [0.15, 0.2) is 12.4 Å². The highest BCUT2D eigenvalue weighted by Gasteiger charge is 2.23. The Morgan fingerprint density at radius 1 is 1.53 bits per heavy atom. The Labute approximate surface area is 94.0 Å². The molecule has 1 N–H and O–H groups in total. The fraction of sp³-hybridized carbons (Fsp3) is 0.600. The SMILES string of the molecule is CC1OCCC1CNc1ncc(Cl)cn1. The van der Waals surface area contributed by atoms with E-state index in [4.69, 9.17) is 16.3 Å². The third kappa shape index (κ3) is 2.79. The Hall–Kier alpha value is -0.870. The van der Waals surface area contributed by atoms with Crippen molar-refractivity contribution in [1.29, 1.82) is 0 Å². The molecule has 0 aliphatic carbocycles. The fourth-order valence-corrected chi connectivity index (χ4v) is 1.77. The molecule has 15 heavy (non-hydrogen) atoms. The van der Waals surface area contributed by atoms with Crippen molar-refractivity contribution >= 4 is 17.5 Å². The molecule has 2 unspecified atom stereocenters. The van der Waals surface area contributed by atoms with Crippen molar-refractivity contribution in [3.8, 4) is 0 Å². The molecule has 0 saturated carbocycles. The van der Waals surface area contributed by atoms with Gasteiger partial charge in [0, 0.05) is 19.1 Å². The molecular formula is C10H14ClN3O. The Bertz CT molecular complexity index is 317. The molecule has 2 heterocycles. The zero-order valence-corrected chi connectivity index (χ0v) is 9.37. The molecule has 1 aromatic heterocycles. The third-order valence-corrected chi connectivity index (χ3v) is 2.87. The first-order chi connectivity index (χ1) is 7.25. The first-order valence-electron chi connectivity index (χ1n) is 5.09. The minimum atomic E-state index is 0.324. The van der Waals surface area contributed by atoms with E-state index in [9.17, 15) is 0 Å². The van der Waals surface area contributed by atoms with Crippen molar-refractivity contribution in [3.05, 3.63) is 17.4 Å². The second-order valence-electron chi connectivity index (χ2n) is 3.73. The molecule has 1 saturated heterocycles. The fourth-order valence-electron chi connectivity index (χ4n) is 1.67. The molecule has 2 rings (SSSR count). The monoisotopic (exact) mass is 227 g/mol. The smallest absolute Gasteiger partial charge is 0.222 e. The van der Waals surface area contributed by atoms with E-state index in [0.717, 1.165) is 19.6 Å². The molecule has 1 fully saturated rings. The van der Waals surface area contributed by atoms with Gasteiger partial charge in [-0.2, -0.15) is 0 Å². The molecule has 2 atom stereocenters. The number of nitrogens with zero attached hydrogens (tertiary/aromatic N) is 2. The highest BCUT2D eigenvalue weighted by Crippen LogP contribution is 2.20. The van der Waals surface area contributed by atoms with Gasteiger partial charge in [0.2, 0.25) is 5.95 Å². The van der Waals surface area contributed by atoms with E-state index in [1.807, 2.05) is 0 Å². The minimum Gasteiger partial charge on any atom is -0.378 e. The summed E-state index contributed by atoms with van der Waals surface area (Å²) >= 11 is 5.69. The van der Waals surface area contributed by atoms with Crippen molar-refractivity contribution in [1.82, 2.24) is 9.97 Å². The molecule has 1 aliphatic rings. The van der Waals surface area contributed by atoms with Crippen LogP contribution in [-0.4, -0.2) is 29.2 Å². The maximum Gasteiger partial charge on any atom is 0.222 e. The van der Waals surface area contributed by atoms with Gasteiger partial charge in [0.25, 0.3) is 0 Å². The van der Waals surface area contributed by atoms with Crippen molar-refractivity contribution in [3.63, 3.8) is 0 Å². The number of hydrogen-bond donors (Lipinski definition) is 1. The number of nitrogens with one attached hydrogen (secondary N) is 1. The van der Waals surface area contributed by atoms with Gasteiger partial charge in [0.1, 0.15) is 0 Å². The number of ether oxygens (including phenoxy) is 1. The molecule has 0 spiro atoms. The lowest BCUT2D eigenvalue weighted by Crippen LogP contribution is -2.21. The summed E-state index contributed by atoms with van der Waals surface area (Å²) in [6.07, 6.45) is 4.60. The van der Waals surface area contributed by atoms with Gasteiger partial charge in [-0.3, -0.25) is 0 Å². The Kier molecular flexibility index (Phi) is 3.38. The predicted octanol–water partition coefficient (Wildman–Crippen LogP) is 1.97. The van der Waals surface area contributed by atoms with Crippen molar-refractivity contribution in [2.24, 2.45) is 5.92 Å². The highest BCUT2D eigenvalue weighted by molar-refractivity contribution is 6.30. The second-order valence-corrected chi connectivity index (χ2v) is 4.17. The molecule has 1 aromatic rings. The minimum absolute atomic E-state index is 0.324. The summed E-state index contributed by atoms with van der Waals surface area (Å²) in [4.78, 5) is 8.14.